The van der Waals surface area contributed by atoms with Gasteiger partial charge >= 0.3 is 0 Å². The summed E-state index contributed by atoms with van der Waals surface area (Å²) in [6.45, 7) is 7.63. The summed E-state index contributed by atoms with van der Waals surface area (Å²) in [6.07, 6.45) is 0.479. The van der Waals surface area contributed by atoms with Crippen molar-refractivity contribution in [3.05, 3.63) is 94.0 Å². The molecule has 0 fully saturated rings. The van der Waals surface area contributed by atoms with Crippen molar-refractivity contribution < 1.29 is 19.2 Å². The highest BCUT2D eigenvalue weighted by atomic mass is 16.2. The lowest BCUT2D eigenvalue weighted by atomic mass is 9.86. The first kappa shape index (κ1) is 27.6. The van der Waals surface area contributed by atoms with Gasteiger partial charge in [-0.15, -0.1) is 0 Å². The van der Waals surface area contributed by atoms with E-state index in [4.69, 9.17) is 11.5 Å². The molecular formula is C31H32N4O4. The van der Waals surface area contributed by atoms with Crippen LogP contribution in [-0.2, 0) is 6.42 Å². The van der Waals surface area contributed by atoms with Gasteiger partial charge in [0.1, 0.15) is 0 Å². The number of imide groups is 2. The lowest BCUT2D eigenvalue weighted by Gasteiger charge is -2.27. The predicted octanol–water partition coefficient (Wildman–Crippen LogP) is 4.66. The zero-order valence-corrected chi connectivity index (χ0v) is 22.6. The van der Waals surface area contributed by atoms with Crippen LogP contribution >= 0.6 is 0 Å². The maximum absolute atomic E-state index is 12.9. The van der Waals surface area contributed by atoms with Crippen molar-refractivity contribution in [3.8, 4) is 0 Å². The summed E-state index contributed by atoms with van der Waals surface area (Å²) in [5.41, 5.74) is 14.9. The van der Waals surface area contributed by atoms with Crippen LogP contribution in [0.25, 0.3) is 21.5 Å². The normalized spacial score (nSPS) is 13.8. The number of rotatable bonds is 4. The van der Waals surface area contributed by atoms with Gasteiger partial charge in [0.15, 0.2) is 0 Å². The van der Waals surface area contributed by atoms with E-state index in [-0.39, 0.29) is 13.3 Å². The Bertz CT molecular complexity index is 1480. The number of hydrogen-bond acceptors (Lipinski definition) is 6. The van der Waals surface area contributed by atoms with E-state index >= 15 is 0 Å². The summed E-state index contributed by atoms with van der Waals surface area (Å²) in [7, 11) is 0. The van der Waals surface area contributed by atoms with Crippen molar-refractivity contribution in [2.24, 2.45) is 11.5 Å². The molecule has 0 saturated heterocycles. The number of carbonyl (C=O) groups excluding carboxylic acids is 4. The molecule has 0 unspecified atom stereocenters. The summed E-state index contributed by atoms with van der Waals surface area (Å²) >= 11 is 0. The largest absolute Gasteiger partial charge is 0.313 e. The fraction of sp³-hybridized carbons (Fsp3) is 0.226. The minimum absolute atomic E-state index is 0.186. The summed E-state index contributed by atoms with van der Waals surface area (Å²) in [5, 5.41) is 2.85. The van der Waals surface area contributed by atoms with Crippen LogP contribution in [0, 0.1) is 0 Å². The van der Waals surface area contributed by atoms with E-state index in [0.29, 0.717) is 39.4 Å². The van der Waals surface area contributed by atoms with Crippen LogP contribution in [0.2, 0.25) is 0 Å². The summed E-state index contributed by atoms with van der Waals surface area (Å²) in [5.74, 6) is -1.63. The maximum Gasteiger partial charge on any atom is 0.262 e. The molecule has 4 aromatic carbocycles. The van der Waals surface area contributed by atoms with Crippen LogP contribution in [0.4, 0.5) is 0 Å². The molecule has 0 aliphatic carbocycles. The van der Waals surface area contributed by atoms with Crippen molar-refractivity contribution in [3.63, 3.8) is 0 Å². The van der Waals surface area contributed by atoms with Crippen LogP contribution in [0.1, 0.15) is 80.3 Å². The zero-order valence-electron chi connectivity index (χ0n) is 22.6. The zero-order chi connectivity index (χ0) is 28.4. The molecule has 2 aliphatic rings. The first-order chi connectivity index (χ1) is 19.0. The molecule has 4 amide bonds. The molecule has 0 saturated carbocycles. The maximum atomic E-state index is 12.9. The second kappa shape index (κ2) is 11.1. The second-order valence-electron chi connectivity index (χ2n) is 8.62. The first-order valence-electron chi connectivity index (χ1n) is 13.2. The van der Waals surface area contributed by atoms with Gasteiger partial charge < -0.3 is 11.5 Å². The van der Waals surface area contributed by atoms with Crippen molar-refractivity contribution >= 4 is 45.2 Å². The summed E-state index contributed by atoms with van der Waals surface area (Å²) in [6, 6.07) is 18.0. The third kappa shape index (κ3) is 4.18. The highest BCUT2D eigenvalue weighted by molar-refractivity contribution is 6.27. The second-order valence-corrected chi connectivity index (χ2v) is 8.62. The lowest BCUT2D eigenvalue weighted by molar-refractivity contribution is 0.0599. The molecule has 2 heterocycles. The molecule has 0 radical (unpaired) electrons. The minimum Gasteiger partial charge on any atom is -0.313 e. The van der Waals surface area contributed by atoms with Crippen LogP contribution in [0.15, 0.2) is 60.7 Å². The van der Waals surface area contributed by atoms with Crippen molar-refractivity contribution in [2.75, 3.05) is 13.3 Å². The van der Waals surface area contributed by atoms with E-state index in [1.165, 1.54) is 0 Å². The Morgan fingerprint density at radius 2 is 0.846 bits per heavy atom. The number of benzene rings is 4. The first-order valence-corrected chi connectivity index (χ1v) is 13.2. The lowest BCUT2D eigenvalue weighted by Crippen LogP contribution is -2.43. The highest BCUT2D eigenvalue weighted by Gasteiger charge is 2.34. The number of nitrogens with two attached hydrogens (primary N) is 2. The number of carbonyl (C=O) groups is 4. The molecule has 8 nitrogen and oxygen atoms in total. The minimum atomic E-state index is -0.407. The number of hydrogen-bond donors (Lipinski definition) is 2. The molecular weight excluding hydrogens is 492 g/mol. The Morgan fingerprint density at radius 1 is 0.513 bits per heavy atom. The molecule has 0 aromatic heterocycles. The summed E-state index contributed by atoms with van der Waals surface area (Å²) in [4.78, 5) is 53.5. The van der Waals surface area contributed by atoms with E-state index < -0.39 is 23.6 Å². The Morgan fingerprint density at radius 3 is 1.18 bits per heavy atom. The molecule has 0 bridgehead atoms. The third-order valence-electron chi connectivity index (χ3n) is 6.91. The monoisotopic (exact) mass is 524 g/mol. The smallest absolute Gasteiger partial charge is 0.262 e. The average molecular weight is 525 g/mol. The van der Waals surface area contributed by atoms with Gasteiger partial charge in [0.25, 0.3) is 23.6 Å². The van der Waals surface area contributed by atoms with Gasteiger partial charge in [-0.3, -0.25) is 29.0 Å². The quantitative estimate of drug-likeness (QED) is 0.374. The van der Waals surface area contributed by atoms with E-state index in [2.05, 4.69) is 0 Å². The van der Waals surface area contributed by atoms with E-state index in [1.54, 1.807) is 36.4 Å². The number of nitrogens with zero attached hydrogens (tertiary/aromatic N) is 2. The van der Waals surface area contributed by atoms with Crippen LogP contribution < -0.4 is 11.5 Å². The Hall–Kier alpha value is -4.40. The van der Waals surface area contributed by atoms with Crippen LogP contribution in [-0.4, -0.2) is 46.8 Å². The van der Waals surface area contributed by atoms with Gasteiger partial charge in [0, 0.05) is 33.0 Å². The van der Waals surface area contributed by atoms with E-state index in [9.17, 15) is 19.2 Å². The Kier molecular flexibility index (Phi) is 7.90. The van der Waals surface area contributed by atoms with Crippen LogP contribution in [0.3, 0.4) is 0 Å². The highest BCUT2D eigenvalue weighted by Crippen LogP contribution is 2.36. The molecule has 4 aromatic rings. The van der Waals surface area contributed by atoms with Gasteiger partial charge in [0.05, 0.1) is 13.3 Å². The van der Waals surface area contributed by atoms with Gasteiger partial charge in [-0.05, 0) is 52.6 Å². The predicted molar refractivity (Wildman–Crippen MR) is 153 cm³/mol. The molecule has 8 heteroatoms. The molecule has 0 spiro atoms. The molecule has 0 atom stereocenters. The standard InChI is InChI=1S/C27H20N4O4.2C2H6/c28-12-30-24(32)18-5-1-3-16-14(7-9-20(22(16)18)26(30)34)11-15-8-10-21-23-17(15)4-2-6-19(23)25(33)31(13-29)27(21)35;2*1-2/h1-10H,11-13,28-29H2;2*1-2H3. The van der Waals surface area contributed by atoms with Crippen LogP contribution in [0.5, 0.6) is 0 Å². The Balaban J connectivity index is 0.000000845. The van der Waals surface area contributed by atoms with Gasteiger partial charge in [-0.25, -0.2) is 0 Å². The van der Waals surface area contributed by atoms with Gasteiger partial charge in [0.2, 0.25) is 0 Å². The van der Waals surface area contributed by atoms with E-state index in [1.807, 2.05) is 52.0 Å². The van der Waals surface area contributed by atoms with Gasteiger partial charge in [-0.2, -0.15) is 0 Å². The van der Waals surface area contributed by atoms with Crippen molar-refractivity contribution in [1.82, 2.24) is 9.80 Å². The SMILES string of the molecule is CC.CC.NCN1C(=O)c2cccc3c(Cc4ccc5c6c(cccc46)C(=O)N(CN)C5=O)ccc(c23)C1=O. The topological polar surface area (TPSA) is 127 Å². The molecule has 4 N–H and O–H groups in total. The molecule has 39 heavy (non-hydrogen) atoms. The van der Waals surface area contributed by atoms with Crippen molar-refractivity contribution in [1.29, 1.82) is 0 Å². The number of amides is 4. The molecule has 200 valence electrons. The van der Waals surface area contributed by atoms with E-state index in [0.717, 1.165) is 31.7 Å². The van der Waals surface area contributed by atoms with Gasteiger partial charge in [-0.1, -0.05) is 64.1 Å². The summed E-state index contributed by atoms with van der Waals surface area (Å²) < 4.78 is 0. The third-order valence-corrected chi connectivity index (χ3v) is 6.91. The molecule has 6 rings (SSSR count). The Labute approximate surface area is 227 Å². The fourth-order valence-corrected chi connectivity index (χ4v) is 5.26. The fourth-order valence-electron chi connectivity index (χ4n) is 5.26. The average Bonchev–Trinajstić information content (AvgIpc) is 2.98. The molecule has 2 aliphatic heterocycles. The van der Waals surface area contributed by atoms with Crippen molar-refractivity contribution in [2.45, 2.75) is 34.1 Å².